The molecular formula is C72H44N2. The summed E-state index contributed by atoms with van der Waals surface area (Å²) in [5.74, 6) is 0. The third-order valence-corrected chi connectivity index (χ3v) is 17.3. The smallest absolute Gasteiger partial charge is 0.0711 e. The van der Waals surface area contributed by atoms with Gasteiger partial charge in [-0.3, -0.25) is 9.97 Å². The molecule has 16 aromatic rings. The van der Waals surface area contributed by atoms with E-state index in [2.05, 4.69) is 222 Å². The zero-order valence-corrected chi connectivity index (χ0v) is 41.4. The van der Waals surface area contributed by atoms with Crippen molar-refractivity contribution in [2.24, 2.45) is 0 Å². The molecule has 0 aliphatic heterocycles. The van der Waals surface area contributed by atoms with E-state index in [0.29, 0.717) is 0 Å². The van der Waals surface area contributed by atoms with Gasteiger partial charge in [-0.2, -0.15) is 0 Å². The number of fused-ring (bicyclic) bond motifs is 12. The van der Waals surface area contributed by atoms with Crippen molar-refractivity contribution in [1.82, 2.24) is 9.97 Å². The van der Waals surface area contributed by atoms with Crippen LogP contribution in [-0.2, 0) is 0 Å². The van der Waals surface area contributed by atoms with E-state index in [1.165, 1.54) is 169 Å². The predicted molar refractivity (Wildman–Crippen MR) is 316 cm³/mol. The molecule has 0 radical (unpaired) electrons. The van der Waals surface area contributed by atoms with Crippen LogP contribution in [0.25, 0.3) is 175 Å². The minimum absolute atomic E-state index is 1.01. The maximum atomic E-state index is 5.01. The molecule has 1 aliphatic carbocycles. The molecule has 0 fully saturated rings. The van der Waals surface area contributed by atoms with E-state index in [1.807, 2.05) is 0 Å². The lowest BCUT2D eigenvalue weighted by molar-refractivity contribution is 1.21. The summed E-state index contributed by atoms with van der Waals surface area (Å²) in [6, 6.07) is 73.8. The lowest BCUT2D eigenvalue weighted by Gasteiger charge is -2.19. The standard InChI is InChI=1S/C72H44N2/c1-37-12-5-7-16-42(37)65-60-35-58-47-19-11-18-46-45(63-21-10-15-40(4)74-63)24-25-53(64(46)47)59(58)36-61(60)66(43-17-8-6-13-38(43)2)72-56-33-31-52-50-28-29-54-57-34-41(62-20-9-14-39(3)73-62)22-23-44(57)48-26-27-49(68(50)67(48)54)51-30-32-55(71(65)72)70(56)69(51)52/h5-36H,1-4H3. The van der Waals surface area contributed by atoms with Crippen molar-refractivity contribution in [3.05, 3.63) is 217 Å². The largest absolute Gasteiger partial charge is 0.253 e. The Morgan fingerprint density at radius 2 is 0.676 bits per heavy atom. The van der Waals surface area contributed by atoms with E-state index in [1.54, 1.807) is 0 Å². The van der Waals surface area contributed by atoms with Crippen molar-refractivity contribution in [2.45, 2.75) is 27.7 Å². The van der Waals surface area contributed by atoms with Gasteiger partial charge in [-0.05, 0) is 234 Å². The highest BCUT2D eigenvalue weighted by molar-refractivity contribution is 6.47. The van der Waals surface area contributed by atoms with Gasteiger partial charge in [-0.25, -0.2) is 0 Å². The summed E-state index contributed by atoms with van der Waals surface area (Å²) in [5.41, 5.74) is 19.3. The fourth-order valence-corrected chi connectivity index (χ4v) is 14.2. The van der Waals surface area contributed by atoms with Gasteiger partial charge in [0.05, 0.1) is 11.4 Å². The number of nitrogens with zero attached hydrogens (tertiary/aromatic N) is 2. The summed E-state index contributed by atoms with van der Waals surface area (Å²) in [6.07, 6.45) is 0. The molecule has 74 heavy (non-hydrogen) atoms. The second kappa shape index (κ2) is 14.2. The van der Waals surface area contributed by atoms with Gasteiger partial charge in [0.15, 0.2) is 0 Å². The maximum Gasteiger partial charge on any atom is 0.0711 e. The predicted octanol–water partition coefficient (Wildman–Crippen LogP) is 19.9. The highest BCUT2D eigenvalue weighted by Crippen LogP contribution is 2.58. The summed E-state index contributed by atoms with van der Waals surface area (Å²) in [7, 11) is 0. The Kier molecular flexibility index (Phi) is 7.77. The van der Waals surface area contributed by atoms with Crippen LogP contribution in [0.2, 0.25) is 0 Å². The van der Waals surface area contributed by atoms with Crippen molar-refractivity contribution < 1.29 is 0 Å². The fourth-order valence-electron chi connectivity index (χ4n) is 14.2. The summed E-state index contributed by atoms with van der Waals surface area (Å²) in [4.78, 5) is 9.92. The first-order chi connectivity index (χ1) is 36.4. The lowest BCUT2D eigenvalue weighted by Crippen LogP contribution is -1.92. The van der Waals surface area contributed by atoms with Gasteiger partial charge in [0.25, 0.3) is 0 Å². The van der Waals surface area contributed by atoms with Gasteiger partial charge in [0.2, 0.25) is 0 Å². The van der Waals surface area contributed by atoms with E-state index < -0.39 is 0 Å². The number of benzene rings is 12. The zero-order valence-electron chi connectivity index (χ0n) is 41.4. The fraction of sp³-hybridized carbons (Fsp3) is 0.0556. The Bertz CT molecular complexity index is 5000. The average molecular weight is 937 g/mol. The quantitative estimate of drug-likeness (QED) is 0.130. The Labute approximate surface area is 426 Å². The van der Waals surface area contributed by atoms with E-state index in [0.717, 1.165) is 28.3 Å². The summed E-state index contributed by atoms with van der Waals surface area (Å²) in [6.45, 7) is 8.72. The minimum Gasteiger partial charge on any atom is -0.253 e. The highest BCUT2D eigenvalue weighted by Gasteiger charge is 2.30. The molecule has 14 aromatic carbocycles. The van der Waals surface area contributed by atoms with Crippen molar-refractivity contribution in [3.8, 4) is 67.0 Å². The second-order valence-electron chi connectivity index (χ2n) is 21.2. The SMILES string of the molecule is Cc1cccc(-c2ccc3c(c2)-c2ccc4c5ccc6c7c(-c8ccccc8C)c8cc9c(cc8c(-c8ccccc8C)c7c7ccc(c8ccc-3c2c84)c5c76)c2cccc3c(-c4cccc(C)n4)ccc9c32)n1. The van der Waals surface area contributed by atoms with Gasteiger partial charge >= 0.3 is 0 Å². The zero-order chi connectivity index (χ0) is 48.8. The van der Waals surface area contributed by atoms with Crippen molar-refractivity contribution >= 4 is 108 Å². The molecular weight excluding hydrogens is 893 g/mol. The number of hydrogen-bond donors (Lipinski definition) is 0. The van der Waals surface area contributed by atoms with E-state index in [9.17, 15) is 0 Å². The number of aromatic nitrogens is 2. The van der Waals surface area contributed by atoms with Gasteiger partial charge in [0, 0.05) is 22.5 Å². The third-order valence-electron chi connectivity index (χ3n) is 17.3. The number of aryl methyl sites for hydroxylation is 4. The maximum absolute atomic E-state index is 5.01. The van der Waals surface area contributed by atoms with Gasteiger partial charge in [-0.15, -0.1) is 0 Å². The van der Waals surface area contributed by atoms with Crippen LogP contribution in [0.4, 0.5) is 0 Å². The molecule has 2 aromatic heterocycles. The minimum atomic E-state index is 1.01. The third kappa shape index (κ3) is 5.09. The molecule has 0 atom stereocenters. The molecule has 2 heterocycles. The molecule has 0 unspecified atom stereocenters. The van der Waals surface area contributed by atoms with Crippen molar-refractivity contribution in [3.63, 3.8) is 0 Å². The van der Waals surface area contributed by atoms with Crippen LogP contribution in [0.5, 0.6) is 0 Å². The first kappa shape index (κ1) is 40.4. The van der Waals surface area contributed by atoms with Gasteiger partial charge < -0.3 is 0 Å². The Hall–Kier alpha value is -9.24. The number of pyridine rings is 2. The van der Waals surface area contributed by atoms with E-state index >= 15 is 0 Å². The van der Waals surface area contributed by atoms with Crippen LogP contribution in [-0.4, -0.2) is 9.97 Å². The molecule has 1 aliphatic rings. The topological polar surface area (TPSA) is 25.8 Å². The molecule has 2 nitrogen and oxygen atoms in total. The first-order valence-corrected chi connectivity index (χ1v) is 26.0. The monoisotopic (exact) mass is 936 g/mol. The molecule has 0 bridgehead atoms. The molecule has 2 heteroatoms. The van der Waals surface area contributed by atoms with Crippen LogP contribution < -0.4 is 0 Å². The molecule has 0 saturated carbocycles. The first-order valence-electron chi connectivity index (χ1n) is 26.0. The molecule has 0 N–H and O–H groups in total. The summed E-state index contributed by atoms with van der Waals surface area (Å²) < 4.78 is 0. The van der Waals surface area contributed by atoms with Crippen LogP contribution >= 0.6 is 0 Å². The summed E-state index contributed by atoms with van der Waals surface area (Å²) in [5, 5.41) is 26.2. The van der Waals surface area contributed by atoms with Crippen LogP contribution in [0.1, 0.15) is 22.5 Å². The number of hydrogen-bond acceptors (Lipinski definition) is 2. The highest BCUT2D eigenvalue weighted by atomic mass is 14.7. The molecule has 0 amide bonds. The number of rotatable bonds is 4. The van der Waals surface area contributed by atoms with Crippen LogP contribution in [0.3, 0.4) is 0 Å². The molecule has 0 saturated heterocycles. The van der Waals surface area contributed by atoms with Gasteiger partial charge in [0.1, 0.15) is 0 Å². The van der Waals surface area contributed by atoms with E-state index in [4.69, 9.17) is 9.97 Å². The Morgan fingerprint density at radius 1 is 0.230 bits per heavy atom. The van der Waals surface area contributed by atoms with Crippen molar-refractivity contribution in [2.75, 3.05) is 0 Å². The molecule has 342 valence electrons. The van der Waals surface area contributed by atoms with Gasteiger partial charge in [-0.1, -0.05) is 152 Å². The summed E-state index contributed by atoms with van der Waals surface area (Å²) >= 11 is 0. The molecule has 17 rings (SSSR count). The average Bonchev–Trinajstić information content (AvgIpc) is 4.11. The van der Waals surface area contributed by atoms with Crippen LogP contribution in [0.15, 0.2) is 194 Å². The Balaban J connectivity index is 1.01. The van der Waals surface area contributed by atoms with Crippen LogP contribution in [0, 0.1) is 27.7 Å². The second-order valence-corrected chi connectivity index (χ2v) is 21.2. The molecule has 0 spiro atoms. The normalized spacial score (nSPS) is 12.6. The Morgan fingerprint density at radius 3 is 1.28 bits per heavy atom. The lowest BCUT2D eigenvalue weighted by atomic mass is 9.84. The van der Waals surface area contributed by atoms with Crippen molar-refractivity contribution in [1.29, 1.82) is 0 Å². The van der Waals surface area contributed by atoms with E-state index in [-0.39, 0.29) is 0 Å².